The fraction of sp³-hybridized carbons (Fsp3) is 0.0213. The summed E-state index contributed by atoms with van der Waals surface area (Å²) >= 11 is 1.83. The molecule has 1 aromatic heterocycles. The monoisotopic (exact) mass is 680 g/mol. The second-order valence-corrected chi connectivity index (χ2v) is 14.1. The van der Waals surface area contributed by atoms with Crippen LogP contribution in [-0.2, 0) is 5.41 Å². The molecule has 0 unspecified atom stereocenters. The first-order valence-corrected chi connectivity index (χ1v) is 18.1. The van der Waals surface area contributed by atoms with E-state index in [2.05, 4.69) is 115 Å². The van der Waals surface area contributed by atoms with E-state index in [4.69, 9.17) is 15.0 Å². The Balaban J connectivity index is 1.15. The smallest absolute Gasteiger partial charge is 0.164 e. The van der Waals surface area contributed by atoms with E-state index in [1.807, 2.05) is 72.4 Å². The molecule has 2 heterocycles. The molecular formula is C47H28N4S. The molecule has 4 nitrogen and oxygen atoms in total. The molecule has 7 aromatic carbocycles. The predicted octanol–water partition coefficient (Wildman–Crippen LogP) is 11.2. The predicted molar refractivity (Wildman–Crippen MR) is 208 cm³/mol. The first kappa shape index (κ1) is 30.2. The fourth-order valence-electron chi connectivity index (χ4n) is 7.97. The number of rotatable bonds is 4. The molecule has 5 heteroatoms. The maximum Gasteiger partial charge on any atom is 0.164 e. The van der Waals surface area contributed by atoms with Crippen LogP contribution in [0.25, 0.3) is 56.4 Å². The molecule has 242 valence electrons. The highest BCUT2D eigenvalue weighted by Gasteiger charge is 2.50. The number of hydrogen-bond acceptors (Lipinski definition) is 5. The second kappa shape index (κ2) is 12.0. The summed E-state index contributed by atoms with van der Waals surface area (Å²) < 4.78 is 0. The Morgan fingerprint density at radius 3 is 1.42 bits per heavy atom. The van der Waals surface area contributed by atoms with Gasteiger partial charge in [0, 0.05) is 26.5 Å². The zero-order valence-corrected chi connectivity index (χ0v) is 28.7. The van der Waals surface area contributed by atoms with Gasteiger partial charge in [0.15, 0.2) is 17.5 Å². The molecule has 52 heavy (non-hydrogen) atoms. The summed E-state index contributed by atoms with van der Waals surface area (Å²) in [5.41, 5.74) is 12.0. The second-order valence-electron chi connectivity index (χ2n) is 13.1. The Morgan fingerprint density at radius 2 is 0.865 bits per heavy atom. The highest BCUT2D eigenvalue weighted by molar-refractivity contribution is 7.99. The van der Waals surface area contributed by atoms with Gasteiger partial charge in [-0.2, -0.15) is 5.26 Å². The van der Waals surface area contributed by atoms with Crippen LogP contribution >= 0.6 is 11.8 Å². The van der Waals surface area contributed by atoms with Crippen molar-refractivity contribution >= 4 is 11.8 Å². The number of benzene rings is 7. The van der Waals surface area contributed by atoms with Crippen molar-refractivity contribution in [3.8, 4) is 62.5 Å². The fourth-order valence-corrected chi connectivity index (χ4v) is 9.16. The molecule has 10 rings (SSSR count). The van der Waals surface area contributed by atoms with Crippen molar-refractivity contribution in [3.63, 3.8) is 0 Å². The molecule has 0 N–H and O–H groups in total. The van der Waals surface area contributed by atoms with Crippen LogP contribution in [0, 0.1) is 11.3 Å². The minimum atomic E-state index is -0.514. The average Bonchev–Trinajstić information content (AvgIpc) is 3.50. The van der Waals surface area contributed by atoms with Crippen molar-refractivity contribution in [2.24, 2.45) is 0 Å². The summed E-state index contributed by atoms with van der Waals surface area (Å²) in [5, 5.41) is 10.6. The van der Waals surface area contributed by atoms with E-state index in [0.29, 0.717) is 23.0 Å². The summed E-state index contributed by atoms with van der Waals surface area (Å²) in [6.07, 6.45) is 0. The van der Waals surface area contributed by atoms with E-state index in [0.717, 1.165) is 33.4 Å². The Morgan fingerprint density at radius 1 is 0.404 bits per heavy atom. The van der Waals surface area contributed by atoms with E-state index in [9.17, 15) is 5.26 Å². The molecule has 0 amide bonds. The first-order chi connectivity index (χ1) is 25.7. The van der Waals surface area contributed by atoms with Crippen LogP contribution < -0.4 is 0 Å². The van der Waals surface area contributed by atoms with Gasteiger partial charge in [-0.25, -0.2) is 15.0 Å². The van der Waals surface area contributed by atoms with Crippen LogP contribution in [0.2, 0.25) is 0 Å². The quantitative estimate of drug-likeness (QED) is 0.185. The minimum Gasteiger partial charge on any atom is -0.208 e. The van der Waals surface area contributed by atoms with Crippen molar-refractivity contribution in [1.29, 1.82) is 5.26 Å². The highest BCUT2D eigenvalue weighted by Crippen LogP contribution is 2.62. The number of aromatic nitrogens is 3. The molecule has 1 aliphatic carbocycles. The van der Waals surface area contributed by atoms with Crippen LogP contribution in [0.3, 0.4) is 0 Å². The SMILES string of the molecule is N#Cc1cc2c(cc1-c1ccc(-c3nc(-c4ccccc4)nc(-c4ccccc4)n3)cc1)C1(c3ccccc3Sc3ccccc31)c1ccccc1-2. The number of hydrogen-bond donors (Lipinski definition) is 0. The third-order valence-electron chi connectivity index (χ3n) is 10.3. The molecule has 0 atom stereocenters. The van der Waals surface area contributed by atoms with Crippen molar-refractivity contribution in [2.75, 3.05) is 0 Å². The zero-order chi connectivity index (χ0) is 34.6. The Bertz CT molecular complexity index is 2610. The third-order valence-corrected chi connectivity index (χ3v) is 11.4. The van der Waals surface area contributed by atoms with E-state index in [1.165, 1.54) is 37.6 Å². The van der Waals surface area contributed by atoms with Gasteiger partial charge in [-0.1, -0.05) is 157 Å². The summed E-state index contributed by atoms with van der Waals surface area (Å²) in [5.74, 6) is 1.83. The normalized spacial score (nSPS) is 13.1. The minimum absolute atomic E-state index is 0.514. The number of nitriles is 1. The molecule has 0 bridgehead atoms. The molecule has 0 radical (unpaired) electrons. The van der Waals surface area contributed by atoms with Gasteiger partial charge < -0.3 is 0 Å². The zero-order valence-electron chi connectivity index (χ0n) is 27.9. The van der Waals surface area contributed by atoms with Crippen molar-refractivity contribution in [2.45, 2.75) is 15.2 Å². The lowest BCUT2D eigenvalue weighted by Crippen LogP contribution is -2.32. The van der Waals surface area contributed by atoms with E-state index < -0.39 is 5.41 Å². The highest BCUT2D eigenvalue weighted by atomic mass is 32.2. The van der Waals surface area contributed by atoms with Crippen LogP contribution in [0.15, 0.2) is 180 Å². The maximum atomic E-state index is 10.6. The molecule has 1 spiro atoms. The van der Waals surface area contributed by atoms with Gasteiger partial charge in [-0.05, 0) is 68.8 Å². The van der Waals surface area contributed by atoms with Gasteiger partial charge in [0.05, 0.1) is 17.0 Å². The van der Waals surface area contributed by atoms with Crippen molar-refractivity contribution in [1.82, 2.24) is 15.0 Å². The Hall–Kier alpha value is -6.61. The molecule has 0 saturated carbocycles. The van der Waals surface area contributed by atoms with Gasteiger partial charge in [-0.3, -0.25) is 0 Å². The Kier molecular flexibility index (Phi) is 6.99. The van der Waals surface area contributed by atoms with Crippen LogP contribution in [-0.4, -0.2) is 15.0 Å². The van der Waals surface area contributed by atoms with Crippen molar-refractivity contribution < 1.29 is 0 Å². The van der Waals surface area contributed by atoms with E-state index >= 15 is 0 Å². The summed E-state index contributed by atoms with van der Waals surface area (Å²) in [4.78, 5) is 17.2. The standard InChI is InChI=1S/C47H28N4S/c48-29-34-27-37-35-17-7-8-18-38(35)47(39-19-9-11-21-42(39)52-43-22-12-10-20-40(43)47)41(37)28-36(34)30-23-25-33(26-24-30)46-50-44(31-13-3-1-4-14-31)49-45(51-46)32-15-5-2-6-16-32/h1-28H. The largest absolute Gasteiger partial charge is 0.208 e. The number of fused-ring (bicyclic) bond motifs is 9. The van der Waals surface area contributed by atoms with Gasteiger partial charge in [0.1, 0.15) is 0 Å². The molecule has 2 aliphatic rings. The molecule has 8 aromatic rings. The lowest BCUT2D eigenvalue weighted by molar-refractivity contribution is 0.722. The van der Waals surface area contributed by atoms with Crippen LogP contribution in [0.4, 0.5) is 0 Å². The third kappa shape index (κ3) is 4.59. The average molecular weight is 681 g/mol. The van der Waals surface area contributed by atoms with Gasteiger partial charge in [0.2, 0.25) is 0 Å². The Labute approximate surface area is 306 Å². The van der Waals surface area contributed by atoms with E-state index in [-0.39, 0.29) is 0 Å². The van der Waals surface area contributed by atoms with Crippen LogP contribution in [0.1, 0.15) is 27.8 Å². The van der Waals surface area contributed by atoms with Crippen molar-refractivity contribution in [3.05, 3.63) is 198 Å². The summed E-state index contributed by atoms with van der Waals surface area (Å²) in [6, 6.07) is 61.4. The van der Waals surface area contributed by atoms with Gasteiger partial charge in [0.25, 0.3) is 0 Å². The lowest BCUT2D eigenvalue weighted by Gasteiger charge is -2.39. The molecular weight excluding hydrogens is 653 g/mol. The molecule has 1 aliphatic heterocycles. The molecule has 0 fully saturated rings. The van der Waals surface area contributed by atoms with E-state index in [1.54, 1.807) is 0 Å². The summed E-state index contributed by atoms with van der Waals surface area (Å²) in [6.45, 7) is 0. The topological polar surface area (TPSA) is 62.5 Å². The molecule has 0 saturated heterocycles. The lowest BCUT2D eigenvalue weighted by atomic mass is 9.67. The summed E-state index contributed by atoms with van der Waals surface area (Å²) in [7, 11) is 0. The van der Waals surface area contributed by atoms with Gasteiger partial charge in [-0.15, -0.1) is 0 Å². The van der Waals surface area contributed by atoms with Crippen LogP contribution in [0.5, 0.6) is 0 Å². The maximum absolute atomic E-state index is 10.6. The van der Waals surface area contributed by atoms with Gasteiger partial charge >= 0.3 is 0 Å². The number of nitrogens with zero attached hydrogens (tertiary/aromatic N) is 4. The first-order valence-electron chi connectivity index (χ1n) is 17.3.